The summed E-state index contributed by atoms with van der Waals surface area (Å²) in [5.74, 6) is 3.50. The molecule has 4 heteroatoms. The first kappa shape index (κ1) is 20.3. The third-order valence-corrected chi connectivity index (χ3v) is 10.9. The van der Waals surface area contributed by atoms with Gasteiger partial charge in [-0.05, 0) is 104 Å². The first-order valence-corrected chi connectivity index (χ1v) is 12.3. The van der Waals surface area contributed by atoms with Crippen LogP contribution in [0.1, 0.15) is 85.0 Å². The summed E-state index contributed by atoms with van der Waals surface area (Å²) in [7, 11) is 0. The maximum Gasteiger partial charge on any atom is 0.303 e. The molecule has 4 nitrogen and oxygen atoms in total. The van der Waals surface area contributed by atoms with Gasteiger partial charge in [-0.2, -0.15) is 0 Å². The molecule has 0 radical (unpaired) electrons. The average Bonchev–Trinajstić information content (AvgIpc) is 3.14. The maximum absolute atomic E-state index is 11.1. The summed E-state index contributed by atoms with van der Waals surface area (Å²) >= 11 is 0. The van der Waals surface area contributed by atoms with E-state index in [4.69, 9.17) is 9.84 Å². The summed E-state index contributed by atoms with van der Waals surface area (Å²) in [6.07, 6.45) is 11.0. The van der Waals surface area contributed by atoms with E-state index in [-0.39, 0.29) is 18.6 Å². The minimum Gasteiger partial charge on any atom is -0.481 e. The zero-order chi connectivity index (χ0) is 20.6. The molecule has 29 heavy (non-hydrogen) atoms. The number of hydrogen-bond donors (Lipinski definition) is 2. The predicted molar refractivity (Wildman–Crippen MR) is 111 cm³/mol. The van der Waals surface area contributed by atoms with Gasteiger partial charge in [-0.15, -0.1) is 0 Å². The number of aliphatic carboxylic acids is 1. The number of rotatable bonds is 3. The van der Waals surface area contributed by atoms with Crippen LogP contribution in [0.15, 0.2) is 0 Å². The second-order valence-electron chi connectivity index (χ2n) is 11.9. The standard InChI is InChI=1S/C25H40O4/c1-14-20(6-7-22(27)28)29-21-13-19-17-5-4-15-12-16(26)8-10-24(15,2)18(17)9-11-25(19,3)23(14)21/h14-21,23,26H,4-13H2,1-3H3,(H,27,28)/t14-,15-,16-,17+,18-,19-,20-,21-,23-,24-,25-/m0/s1. The Morgan fingerprint density at radius 3 is 2.55 bits per heavy atom. The predicted octanol–water partition coefficient (Wildman–Crippen LogP) is 4.88. The molecule has 0 aromatic carbocycles. The lowest BCUT2D eigenvalue weighted by molar-refractivity contribution is -0.138. The largest absolute Gasteiger partial charge is 0.481 e. The molecule has 0 unspecified atom stereocenters. The molecule has 0 aromatic rings. The molecule has 2 N–H and O–H groups in total. The molecule has 4 saturated carbocycles. The van der Waals surface area contributed by atoms with E-state index in [9.17, 15) is 9.90 Å². The summed E-state index contributed by atoms with van der Waals surface area (Å²) in [5, 5.41) is 19.3. The summed E-state index contributed by atoms with van der Waals surface area (Å²) < 4.78 is 6.53. The number of carboxylic acid groups (broad SMARTS) is 1. The normalized spacial score (nSPS) is 56.2. The molecule has 0 amide bonds. The van der Waals surface area contributed by atoms with Crippen LogP contribution in [0.4, 0.5) is 0 Å². The van der Waals surface area contributed by atoms with Crippen LogP contribution in [0, 0.1) is 46.3 Å². The van der Waals surface area contributed by atoms with E-state index in [2.05, 4.69) is 20.8 Å². The highest BCUT2D eigenvalue weighted by atomic mass is 16.5. The molecule has 11 atom stereocenters. The first-order chi connectivity index (χ1) is 13.7. The van der Waals surface area contributed by atoms with Crippen molar-refractivity contribution in [3.63, 3.8) is 0 Å². The van der Waals surface area contributed by atoms with Crippen LogP contribution in [-0.4, -0.2) is 34.5 Å². The van der Waals surface area contributed by atoms with Gasteiger partial charge in [0.15, 0.2) is 0 Å². The molecule has 1 aliphatic heterocycles. The molecule has 1 saturated heterocycles. The van der Waals surface area contributed by atoms with Crippen LogP contribution in [0.2, 0.25) is 0 Å². The van der Waals surface area contributed by atoms with Gasteiger partial charge < -0.3 is 14.9 Å². The lowest BCUT2D eigenvalue weighted by Crippen LogP contribution is -2.54. The minimum atomic E-state index is -0.704. The van der Waals surface area contributed by atoms with Gasteiger partial charge in [-0.1, -0.05) is 20.8 Å². The monoisotopic (exact) mass is 404 g/mol. The molecule has 0 bridgehead atoms. The van der Waals surface area contributed by atoms with Gasteiger partial charge in [0, 0.05) is 6.42 Å². The number of ether oxygens (including phenoxy) is 1. The second kappa shape index (κ2) is 6.95. The SMILES string of the molecule is C[C@@H]1[C@H]2[C@H](C[C@H]3[C@@H]4CC[C@H]5C[C@@H](O)CC[C@]5(C)[C@H]4CC[C@]23C)O[C@H]1CCC(=O)O. The Kier molecular flexibility index (Phi) is 4.87. The minimum absolute atomic E-state index is 0.0682. The highest BCUT2D eigenvalue weighted by molar-refractivity contribution is 5.66. The van der Waals surface area contributed by atoms with Gasteiger partial charge >= 0.3 is 5.97 Å². The van der Waals surface area contributed by atoms with Crippen molar-refractivity contribution in [2.45, 2.75) is 103 Å². The van der Waals surface area contributed by atoms with Crippen molar-refractivity contribution in [3.05, 3.63) is 0 Å². The number of hydrogen-bond acceptors (Lipinski definition) is 3. The van der Waals surface area contributed by atoms with Crippen molar-refractivity contribution in [1.29, 1.82) is 0 Å². The van der Waals surface area contributed by atoms with Crippen LogP contribution in [-0.2, 0) is 9.53 Å². The first-order valence-electron chi connectivity index (χ1n) is 12.3. The third-order valence-electron chi connectivity index (χ3n) is 10.9. The molecule has 5 rings (SSSR count). The third kappa shape index (κ3) is 2.95. The van der Waals surface area contributed by atoms with Gasteiger partial charge in [0.05, 0.1) is 18.3 Å². The van der Waals surface area contributed by atoms with Crippen molar-refractivity contribution in [1.82, 2.24) is 0 Å². The van der Waals surface area contributed by atoms with Gasteiger partial charge in [-0.25, -0.2) is 0 Å². The van der Waals surface area contributed by atoms with Crippen LogP contribution in [0.25, 0.3) is 0 Å². The van der Waals surface area contributed by atoms with E-state index in [1.54, 1.807) is 0 Å². The molecule has 1 heterocycles. The van der Waals surface area contributed by atoms with Crippen molar-refractivity contribution < 1.29 is 19.7 Å². The highest BCUT2D eigenvalue weighted by Gasteiger charge is 2.65. The molecule has 0 spiro atoms. The lowest BCUT2D eigenvalue weighted by Gasteiger charge is -2.61. The van der Waals surface area contributed by atoms with E-state index < -0.39 is 5.97 Å². The van der Waals surface area contributed by atoms with E-state index >= 15 is 0 Å². The second-order valence-corrected chi connectivity index (χ2v) is 11.9. The molecule has 5 fully saturated rings. The van der Waals surface area contributed by atoms with Crippen molar-refractivity contribution >= 4 is 5.97 Å². The van der Waals surface area contributed by atoms with E-state index in [1.807, 2.05) is 0 Å². The van der Waals surface area contributed by atoms with Crippen LogP contribution in [0.3, 0.4) is 0 Å². The Hall–Kier alpha value is -0.610. The van der Waals surface area contributed by atoms with Gasteiger partial charge in [0.25, 0.3) is 0 Å². The fourth-order valence-electron chi connectivity index (χ4n) is 9.52. The molecule has 5 aliphatic rings. The van der Waals surface area contributed by atoms with Crippen molar-refractivity contribution in [3.8, 4) is 0 Å². The summed E-state index contributed by atoms with van der Waals surface area (Å²) in [6.45, 7) is 7.44. The molecular weight excluding hydrogens is 364 g/mol. The Balaban J connectivity index is 1.35. The van der Waals surface area contributed by atoms with Gasteiger partial charge in [0.2, 0.25) is 0 Å². The Morgan fingerprint density at radius 1 is 1.03 bits per heavy atom. The highest BCUT2D eigenvalue weighted by Crippen LogP contribution is 2.70. The average molecular weight is 405 g/mol. The molecule has 0 aromatic heterocycles. The molecule has 164 valence electrons. The van der Waals surface area contributed by atoms with Crippen LogP contribution in [0.5, 0.6) is 0 Å². The van der Waals surface area contributed by atoms with Crippen molar-refractivity contribution in [2.24, 2.45) is 46.3 Å². The van der Waals surface area contributed by atoms with Gasteiger partial charge in [0.1, 0.15) is 0 Å². The van der Waals surface area contributed by atoms with E-state index in [1.165, 1.54) is 38.5 Å². The Bertz CT molecular complexity index is 663. The lowest BCUT2D eigenvalue weighted by atomic mass is 9.44. The fourth-order valence-corrected chi connectivity index (χ4v) is 9.52. The zero-order valence-electron chi connectivity index (χ0n) is 18.5. The topological polar surface area (TPSA) is 66.8 Å². The number of aliphatic hydroxyl groups excluding tert-OH is 1. The quantitative estimate of drug-likeness (QED) is 0.703. The van der Waals surface area contributed by atoms with E-state index in [0.29, 0.717) is 41.1 Å². The number of aliphatic hydroxyl groups is 1. The number of fused-ring (bicyclic) bond motifs is 7. The zero-order valence-corrected chi connectivity index (χ0v) is 18.5. The van der Waals surface area contributed by atoms with Crippen molar-refractivity contribution in [2.75, 3.05) is 0 Å². The maximum atomic E-state index is 11.1. The Labute approximate surface area is 175 Å². The summed E-state index contributed by atoms with van der Waals surface area (Å²) in [4.78, 5) is 11.1. The summed E-state index contributed by atoms with van der Waals surface area (Å²) in [6, 6.07) is 0. The molecular formula is C25H40O4. The number of carbonyl (C=O) groups is 1. The fraction of sp³-hybridized carbons (Fsp3) is 0.960. The van der Waals surface area contributed by atoms with E-state index in [0.717, 1.165) is 30.6 Å². The van der Waals surface area contributed by atoms with Crippen LogP contribution < -0.4 is 0 Å². The number of carboxylic acids is 1. The smallest absolute Gasteiger partial charge is 0.303 e. The van der Waals surface area contributed by atoms with Crippen LogP contribution >= 0.6 is 0 Å². The van der Waals surface area contributed by atoms with Gasteiger partial charge in [-0.3, -0.25) is 4.79 Å². The summed E-state index contributed by atoms with van der Waals surface area (Å²) in [5.41, 5.74) is 0.790. The molecule has 4 aliphatic carbocycles. The Morgan fingerprint density at radius 2 is 1.79 bits per heavy atom.